The van der Waals surface area contributed by atoms with Crippen LogP contribution in [0.15, 0.2) is 46.1 Å². The SMILES string of the molecule is O=COc1cc2ccccc2cc1/N=N/Cl. The smallest absolute Gasteiger partial charge is 0.298 e. The minimum Gasteiger partial charge on any atom is -0.426 e. The molecule has 2 rings (SSSR count). The van der Waals surface area contributed by atoms with Crippen molar-refractivity contribution in [3.05, 3.63) is 36.4 Å². The Morgan fingerprint density at radius 1 is 1.19 bits per heavy atom. The van der Waals surface area contributed by atoms with Gasteiger partial charge in [0.25, 0.3) is 6.47 Å². The molecule has 0 amide bonds. The summed E-state index contributed by atoms with van der Waals surface area (Å²) in [5.74, 6) is 0.332. The van der Waals surface area contributed by atoms with Crippen LogP contribution < -0.4 is 4.74 Å². The van der Waals surface area contributed by atoms with E-state index >= 15 is 0 Å². The zero-order chi connectivity index (χ0) is 11.4. The van der Waals surface area contributed by atoms with Gasteiger partial charge in [-0.2, -0.15) is 0 Å². The average Bonchev–Trinajstić information content (AvgIpc) is 2.30. The van der Waals surface area contributed by atoms with Gasteiger partial charge in [-0.05, 0) is 22.9 Å². The molecule has 80 valence electrons. The summed E-state index contributed by atoms with van der Waals surface area (Å²) >= 11 is 5.17. The predicted octanol–water partition coefficient (Wildman–Crippen LogP) is 3.61. The van der Waals surface area contributed by atoms with E-state index in [4.69, 9.17) is 16.5 Å². The number of carbonyl (C=O) groups is 1. The highest BCUT2D eigenvalue weighted by Gasteiger charge is 2.05. The lowest BCUT2D eigenvalue weighted by Crippen LogP contribution is -1.88. The van der Waals surface area contributed by atoms with Crippen LogP contribution in [0.1, 0.15) is 0 Å². The second kappa shape index (κ2) is 4.72. The van der Waals surface area contributed by atoms with E-state index in [1.807, 2.05) is 24.3 Å². The summed E-state index contributed by atoms with van der Waals surface area (Å²) in [6.07, 6.45) is 0. The summed E-state index contributed by atoms with van der Waals surface area (Å²) < 4.78 is 7.96. The molecular formula is C11H7ClN2O2. The average molecular weight is 235 g/mol. The predicted molar refractivity (Wildman–Crippen MR) is 61.0 cm³/mol. The maximum atomic E-state index is 10.3. The second-order valence-corrected chi connectivity index (χ2v) is 3.21. The third-order valence-corrected chi connectivity index (χ3v) is 2.22. The molecule has 0 spiro atoms. The molecule has 0 aromatic heterocycles. The van der Waals surface area contributed by atoms with Gasteiger partial charge in [-0.1, -0.05) is 28.9 Å². The number of nitrogens with zero attached hydrogens (tertiary/aromatic N) is 2. The van der Waals surface area contributed by atoms with Crippen molar-refractivity contribution in [2.24, 2.45) is 9.75 Å². The number of fused-ring (bicyclic) bond motifs is 1. The van der Waals surface area contributed by atoms with Crippen molar-refractivity contribution in [2.75, 3.05) is 0 Å². The third-order valence-electron chi connectivity index (χ3n) is 2.15. The van der Waals surface area contributed by atoms with Crippen LogP contribution in [0.4, 0.5) is 5.69 Å². The fourth-order valence-electron chi connectivity index (χ4n) is 1.47. The lowest BCUT2D eigenvalue weighted by Gasteiger charge is -2.04. The van der Waals surface area contributed by atoms with Crippen LogP contribution in [0.25, 0.3) is 10.8 Å². The Balaban J connectivity index is 2.65. The van der Waals surface area contributed by atoms with E-state index < -0.39 is 0 Å². The summed E-state index contributed by atoms with van der Waals surface area (Å²) in [5.41, 5.74) is 0.417. The van der Waals surface area contributed by atoms with Crippen LogP contribution in [0.3, 0.4) is 0 Å². The Kier molecular flexibility index (Phi) is 3.12. The van der Waals surface area contributed by atoms with Crippen molar-refractivity contribution >= 4 is 34.7 Å². The molecule has 2 aromatic carbocycles. The maximum Gasteiger partial charge on any atom is 0.298 e. The lowest BCUT2D eigenvalue weighted by molar-refractivity contribution is -0.120. The van der Waals surface area contributed by atoms with Gasteiger partial charge < -0.3 is 4.74 Å². The Morgan fingerprint density at radius 2 is 1.88 bits per heavy atom. The molecule has 2 aromatic rings. The minimum atomic E-state index is 0.332. The number of rotatable bonds is 3. The first-order chi connectivity index (χ1) is 7.85. The molecule has 0 aliphatic rings. The van der Waals surface area contributed by atoms with Crippen LogP contribution >= 0.6 is 11.8 Å². The molecular weight excluding hydrogens is 228 g/mol. The molecule has 16 heavy (non-hydrogen) atoms. The summed E-state index contributed by atoms with van der Waals surface area (Å²) in [7, 11) is 0. The van der Waals surface area contributed by atoms with Crippen molar-refractivity contribution < 1.29 is 9.53 Å². The fraction of sp³-hybridized carbons (Fsp3) is 0. The zero-order valence-electron chi connectivity index (χ0n) is 8.13. The highest BCUT2D eigenvalue weighted by atomic mass is 35.5. The zero-order valence-corrected chi connectivity index (χ0v) is 8.89. The van der Waals surface area contributed by atoms with E-state index in [0.29, 0.717) is 17.9 Å². The van der Waals surface area contributed by atoms with Crippen LogP contribution in [-0.4, -0.2) is 6.47 Å². The van der Waals surface area contributed by atoms with Gasteiger partial charge in [0.05, 0.1) is 11.8 Å². The number of ether oxygens (including phenoxy) is 1. The molecule has 0 bridgehead atoms. The number of carbonyl (C=O) groups excluding carboxylic acids is 1. The molecule has 0 atom stereocenters. The Hall–Kier alpha value is -1.94. The molecule has 0 aliphatic carbocycles. The van der Waals surface area contributed by atoms with E-state index in [2.05, 4.69) is 9.75 Å². The van der Waals surface area contributed by atoms with Gasteiger partial charge in [-0.15, -0.1) is 5.11 Å². The number of hydrogen-bond acceptors (Lipinski definition) is 4. The molecule has 0 aliphatic heterocycles. The van der Waals surface area contributed by atoms with E-state index in [1.165, 1.54) is 0 Å². The van der Waals surface area contributed by atoms with E-state index in [1.54, 1.807) is 12.1 Å². The van der Waals surface area contributed by atoms with Crippen LogP contribution in [-0.2, 0) is 4.79 Å². The van der Waals surface area contributed by atoms with Gasteiger partial charge in [-0.3, -0.25) is 4.79 Å². The standard InChI is InChI=1S/C11H7ClN2O2/c12-14-13-10-5-8-3-1-2-4-9(8)6-11(10)16-7-15/h1-7H/b14-13+. The fourth-order valence-corrected chi connectivity index (χ4v) is 1.55. The van der Waals surface area contributed by atoms with Crippen molar-refractivity contribution in [1.29, 1.82) is 0 Å². The van der Waals surface area contributed by atoms with Gasteiger partial charge in [0, 0.05) is 0 Å². The highest BCUT2D eigenvalue weighted by Crippen LogP contribution is 2.32. The quantitative estimate of drug-likeness (QED) is 0.602. The molecule has 0 saturated heterocycles. The summed E-state index contributed by atoms with van der Waals surface area (Å²) in [6, 6.07) is 11.1. The molecule has 0 fully saturated rings. The first-order valence-electron chi connectivity index (χ1n) is 4.50. The highest BCUT2D eigenvalue weighted by molar-refractivity contribution is 6.14. The van der Waals surface area contributed by atoms with Crippen LogP contribution in [0.5, 0.6) is 5.75 Å². The second-order valence-electron chi connectivity index (χ2n) is 3.06. The van der Waals surface area contributed by atoms with E-state index in [0.717, 1.165) is 10.8 Å². The molecule has 5 heteroatoms. The minimum absolute atomic E-state index is 0.332. The summed E-state index contributed by atoms with van der Waals surface area (Å²) in [5, 5.41) is 5.61. The lowest BCUT2D eigenvalue weighted by atomic mass is 10.1. The van der Waals surface area contributed by atoms with Crippen molar-refractivity contribution in [3.63, 3.8) is 0 Å². The Morgan fingerprint density at radius 3 is 2.50 bits per heavy atom. The van der Waals surface area contributed by atoms with Crippen LogP contribution in [0.2, 0.25) is 0 Å². The third kappa shape index (κ3) is 2.01. The summed E-state index contributed by atoms with van der Waals surface area (Å²) in [6.45, 7) is 0.345. The van der Waals surface area contributed by atoms with Crippen molar-refractivity contribution in [3.8, 4) is 5.75 Å². The number of benzene rings is 2. The molecule has 0 unspecified atom stereocenters. The molecule has 4 nitrogen and oxygen atoms in total. The normalized spacial score (nSPS) is 10.8. The summed E-state index contributed by atoms with van der Waals surface area (Å²) in [4.78, 5) is 10.3. The monoisotopic (exact) mass is 234 g/mol. The Bertz CT molecular complexity index is 555. The van der Waals surface area contributed by atoms with Gasteiger partial charge >= 0.3 is 0 Å². The molecule has 0 saturated carbocycles. The van der Waals surface area contributed by atoms with E-state index in [-0.39, 0.29) is 0 Å². The molecule has 0 radical (unpaired) electrons. The first-order valence-corrected chi connectivity index (χ1v) is 4.84. The van der Waals surface area contributed by atoms with Gasteiger partial charge in [0.15, 0.2) is 5.75 Å². The molecule has 0 heterocycles. The van der Waals surface area contributed by atoms with Gasteiger partial charge in [0.1, 0.15) is 5.69 Å². The maximum absolute atomic E-state index is 10.3. The van der Waals surface area contributed by atoms with Crippen molar-refractivity contribution in [2.45, 2.75) is 0 Å². The van der Waals surface area contributed by atoms with Gasteiger partial charge in [-0.25, -0.2) is 0 Å². The molecule has 0 N–H and O–H groups in total. The number of hydrogen-bond donors (Lipinski definition) is 0. The largest absolute Gasteiger partial charge is 0.426 e. The van der Waals surface area contributed by atoms with Gasteiger partial charge in [0.2, 0.25) is 0 Å². The Labute approximate surface area is 96.6 Å². The first kappa shape index (κ1) is 10.6. The topological polar surface area (TPSA) is 51.0 Å². The van der Waals surface area contributed by atoms with Crippen LogP contribution in [0, 0.1) is 0 Å². The number of halogens is 1. The van der Waals surface area contributed by atoms with E-state index in [9.17, 15) is 4.79 Å². The van der Waals surface area contributed by atoms with Crippen molar-refractivity contribution in [1.82, 2.24) is 0 Å².